The van der Waals surface area contributed by atoms with Crippen LogP contribution in [0.15, 0.2) is 103 Å². The Labute approximate surface area is 207 Å². The third kappa shape index (κ3) is 3.93. The number of pyridine rings is 2. The van der Waals surface area contributed by atoms with Crippen LogP contribution in [0.1, 0.15) is 11.1 Å². The Hall–Kier alpha value is -3.36. The molecule has 4 heteroatoms. The first kappa shape index (κ1) is 21.2. The number of hydrogen-bond acceptors (Lipinski definition) is 3. The van der Waals surface area contributed by atoms with Gasteiger partial charge in [0.1, 0.15) is 0 Å². The monoisotopic (exact) mass is 636 g/mol. The van der Waals surface area contributed by atoms with Gasteiger partial charge in [0.05, 0.1) is 0 Å². The third-order valence-electron chi connectivity index (χ3n) is 6.08. The van der Waals surface area contributed by atoms with E-state index in [1.54, 1.807) is 6.20 Å². The van der Waals surface area contributed by atoms with Gasteiger partial charge in [0.2, 0.25) is 0 Å². The molecular formula is C30H23BiN2O. The van der Waals surface area contributed by atoms with Crippen molar-refractivity contribution in [2.45, 2.75) is 13.8 Å². The molecule has 0 amide bonds. The average molecular weight is 637 g/mol. The van der Waals surface area contributed by atoms with Gasteiger partial charge in [-0.3, -0.25) is 0 Å². The molecule has 1 aliphatic heterocycles. The van der Waals surface area contributed by atoms with E-state index in [-0.39, 0.29) is 0 Å². The van der Waals surface area contributed by atoms with Gasteiger partial charge in [-0.1, -0.05) is 0 Å². The maximum absolute atomic E-state index is 6.06. The number of ether oxygens (including phenoxy) is 1. The predicted octanol–water partition coefficient (Wildman–Crippen LogP) is 5.05. The van der Waals surface area contributed by atoms with Gasteiger partial charge < -0.3 is 0 Å². The molecule has 0 N–H and O–H groups in total. The molecule has 0 bridgehead atoms. The second-order valence-corrected chi connectivity index (χ2v) is 16.7. The van der Waals surface area contributed by atoms with Crippen molar-refractivity contribution < 1.29 is 4.74 Å². The summed E-state index contributed by atoms with van der Waals surface area (Å²) in [7, 11) is 0. The molecule has 34 heavy (non-hydrogen) atoms. The zero-order valence-electron chi connectivity index (χ0n) is 19.1. The number of fused-ring (bicyclic) bond motifs is 3. The van der Waals surface area contributed by atoms with Crippen LogP contribution in [0.2, 0.25) is 0 Å². The first-order chi connectivity index (χ1) is 16.7. The predicted molar refractivity (Wildman–Crippen MR) is 140 cm³/mol. The molecule has 5 aromatic rings. The van der Waals surface area contributed by atoms with Crippen LogP contribution >= 0.6 is 0 Å². The number of nitrogens with zero attached hydrogens (tertiary/aromatic N) is 2. The minimum absolute atomic E-state index is 0.614. The number of aromatic nitrogens is 2. The second kappa shape index (κ2) is 8.78. The molecule has 0 fully saturated rings. The number of benzene rings is 3. The fraction of sp³-hybridized carbons (Fsp3) is 0.0667. The van der Waals surface area contributed by atoms with E-state index in [1.165, 1.54) is 32.2 Å². The fourth-order valence-corrected chi connectivity index (χ4v) is 14.7. The van der Waals surface area contributed by atoms with Gasteiger partial charge in [0, 0.05) is 0 Å². The molecule has 3 heterocycles. The van der Waals surface area contributed by atoms with Crippen molar-refractivity contribution >= 4 is 31.7 Å². The van der Waals surface area contributed by atoms with Crippen LogP contribution in [0.25, 0.3) is 22.3 Å². The van der Waals surface area contributed by atoms with Crippen LogP contribution in [0.4, 0.5) is 0 Å². The van der Waals surface area contributed by atoms with Crippen LogP contribution in [-0.4, -0.2) is 31.7 Å². The molecule has 0 unspecified atom stereocenters. The summed E-state index contributed by atoms with van der Waals surface area (Å²) in [5.41, 5.74) is 7.51. The Bertz CT molecular complexity index is 1530. The second-order valence-electron chi connectivity index (χ2n) is 8.58. The summed E-state index contributed by atoms with van der Waals surface area (Å²) in [6, 6.07) is 32.4. The Morgan fingerprint density at radius 3 is 2.24 bits per heavy atom. The van der Waals surface area contributed by atoms with Gasteiger partial charge in [-0.25, -0.2) is 0 Å². The molecule has 3 nitrogen and oxygen atoms in total. The Morgan fingerprint density at radius 1 is 0.618 bits per heavy atom. The average Bonchev–Trinajstić information content (AvgIpc) is 3.18. The van der Waals surface area contributed by atoms with Crippen molar-refractivity contribution in [3.8, 4) is 33.9 Å². The summed E-state index contributed by atoms with van der Waals surface area (Å²) in [6.45, 7) is 4.20. The van der Waals surface area contributed by atoms with E-state index in [0.717, 1.165) is 16.9 Å². The first-order valence-corrected chi connectivity index (χ1v) is 16.5. The SMILES string of the molecule is Cc1ccnc(Oc2cccc(-c3ccc4[c](c3)[Bi]([c]3cc(C)ccn3)[c]3ccccc3-4)c2)c1. The van der Waals surface area contributed by atoms with Gasteiger partial charge >= 0.3 is 209 Å². The number of rotatable bonds is 4. The molecule has 0 radical (unpaired) electrons. The quantitative estimate of drug-likeness (QED) is 0.254. The zero-order valence-corrected chi connectivity index (χ0v) is 22.5. The summed E-state index contributed by atoms with van der Waals surface area (Å²) in [6.07, 6.45) is 3.74. The Balaban J connectivity index is 1.42. The Morgan fingerprint density at radius 2 is 1.38 bits per heavy atom. The van der Waals surface area contributed by atoms with Gasteiger partial charge in [0.15, 0.2) is 0 Å². The molecule has 0 saturated heterocycles. The molecule has 0 aliphatic carbocycles. The first-order valence-electron chi connectivity index (χ1n) is 11.3. The molecule has 0 atom stereocenters. The molecule has 0 spiro atoms. The Kier molecular flexibility index (Phi) is 5.47. The van der Waals surface area contributed by atoms with E-state index >= 15 is 0 Å². The number of aryl methyl sites for hydroxylation is 2. The molecule has 6 rings (SSSR count). The van der Waals surface area contributed by atoms with Gasteiger partial charge in [-0.15, -0.1) is 0 Å². The van der Waals surface area contributed by atoms with Crippen LogP contribution in [-0.2, 0) is 0 Å². The van der Waals surface area contributed by atoms with E-state index in [9.17, 15) is 0 Å². The van der Waals surface area contributed by atoms with Crippen molar-refractivity contribution in [1.82, 2.24) is 9.97 Å². The third-order valence-corrected chi connectivity index (χ3v) is 15.5. The van der Waals surface area contributed by atoms with Crippen LogP contribution in [0, 0.1) is 13.8 Å². The van der Waals surface area contributed by atoms with Gasteiger partial charge in [-0.05, 0) is 0 Å². The molecule has 1 aliphatic rings. The minimum atomic E-state index is -2.47. The van der Waals surface area contributed by atoms with E-state index in [4.69, 9.17) is 9.72 Å². The van der Waals surface area contributed by atoms with Crippen LogP contribution < -0.4 is 14.7 Å². The standard InChI is InChI=1S/C24H17NO.C6H6N.Bi/c1-18-14-15-25-24(16-18)26-23-9-5-8-22(17-23)21-12-10-20(11-13-21)19-6-3-2-4-7-19;1-6-2-4-7-5-3-6;/h2-6,8-10,12-17H,1H3;2-4H,1H3;. The normalized spacial score (nSPS) is 12.3. The van der Waals surface area contributed by atoms with Crippen molar-refractivity contribution in [3.05, 3.63) is 115 Å². The van der Waals surface area contributed by atoms with E-state index in [2.05, 4.69) is 78.6 Å². The van der Waals surface area contributed by atoms with Crippen molar-refractivity contribution in [3.63, 3.8) is 0 Å². The summed E-state index contributed by atoms with van der Waals surface area (Å²) in [5.74, 6) is 1.40. The van der Waals surface area contributed by atoms with Crippen LogP contribution in [0.5, 0.6) is 11.6 Å². The fourth-order valence-electron chi connectivity index (χ4n) is 4.46. The summed E-state index contributed by atoms with van der Waals surface area (Å²) in [5, 5.41) is 0. The van der Waals surface area contributed by atoms with E-state index in [0.29, 0.717) is 5.88 Å². The summed E-state index contributed by atoms with van der Waals surface area (Å²) in [4.78, 5) is 9.19. The van der Waals surface area contributed by atoms with E-state index < -0.39 is 21.8 Å². The molecule has 0 saturated carbocycles. The molecule has 3 aromatic carbocycles. The zero-order chi connectivity index (χ0) is 23.1. The van der Waals surface area contributed by atoms with Crippen molar-refractivity contribution in [2.24, 2.45) is 0 Å². The molecule has 164 valence electrons. The molecular weight excluding hydrogens is 613 g/mol. The van der Waals surface area contributed by atoms with Crippen molar-refractivity contribution in [2.75, 3.05) is 0 Å². The van der Waals surface area contributed by atoms with E-state index in [1.807, 2.05) is 37.4 Å². The maximum atomic E-state index is 6.06. The van der Waals surface area contributed by atoms with Gasteiger partial charge in [-0.2, -0.15) is 0 Å². The molecule has 2 aromatic heterocycles. The van der Waals surface area contributed by atoms with Gasteiger partial charge in [0.25, 0.3) is 0 Å². The van der Waals surface area contributed by atoms with Crippen molar-refractivity contribution in [1.29, 1.82) is 0 Å². The summed E-state index contributed by atoms with van der Waals surface area (Å²) < 4.78 is 10.4. The number of hydrogen-bond donors (Lipinski definition) is 0. The summed E-state index contributed by atoms with van der Waals surface area (Å²) >= 11 is -2.47. The topological polar surface area (TPSA) is 35.0 Å². The van der Waals surface area contributed by atoms with Crippen LogP contribution in [0.3, 0.4) is 0 Å².